The van der Waals surface area contributed by atoms with E-state index >= 15 is 0 Å². The topological polar surface area (TPSA) is 55.4 Å². The van der Waals surface area contributed by atoms with E-state index in [1.807, 2.05) is 6.26 Å². The van der Waals surface area contributed by atoms with Gasteiger partial charge in [-0.3, -0.25) is 4.79 Å². The molecule has 0 spiro atoms. The van der Waals surface area contributed by atoms with Gasteiger partial charge in [-0.05, 0) is 18.4 Å². The Labute approximate surface area is 88.8 Å². The van der Waals surface area contributed by atoms with Gasteiger partial charge in [0.2, 0.25) is 0 Å². The van der Waals surface area contributed by atoms with E-state index in [0.717, 1.165) is 5.75 Å². The predicted molar refractivity (Wildman–Crippen MR) is 57.6 cm³/mol. The highest BCUT2D eigenvalue weighted by molar-refractivity contribution is 7.98. The summed E-state index contributed by atoms with van der Waals surface area (Å²) in [5, 5.41) is 2.53. The molecule has 1 N–H and O–H groups in total. The second kappa shape index (κ2) is 7.67. The summed E-state index contributed by atoms with van der Waals surface area (Å²) in [6, 6.07) is -0.403. The summed E-state index contributed by atoms with van der Waals surface area (Å²) >= 11 is 1.65. The standard InChI is InChI=1S/C9H17NO3S/c1-4-8(11)7(5-6-14-3)10-9(12)13-2/h7H,4-6H2,1-3H3,(H,10,12)/t7-/m0/s1. The molecular weight excluding hydrogens is 202 g/mol. The Hall–Kier alpha value is -0.710. The minimum atomic E-state index is -0.544. The molecule has 1 amide bonds. The zero-order valence-corrected chi connectivity index (χ0v) is 9.65. The molecule has 0 unspecified atom stereocenters. The third kappa shape index (κ3) is 5.11. The van der Waals surface area contributed by atoms with Crippen molar-refractivity contribution in [2.45, 2.75) is 25.8 Å². The monoisotopic (exact) mass is 219 g/mol. The molecule has 0 aliphatic heterocycles. The number of ketones is 1. The zero-order valence-electron chi connectivity index (χ0n) is 8.83. The van der Waals surface area contributed by atoms with Gasteiger partial charge in [0, 0.05) is 6.42 Å². The molecular formula is C9H17NO3S. The average Bonchev–Trinajstić information content (AvgIpc) is 2.22. The second-order valence-corrected chi connectivity index (χ2v) is 3.78. The number of rotatable bonds is 6. The molecule has 1 atom stereocenters. The average molecular weight is 219 g/mol. The smallest absolute Gasteiger partial charge is 0.407 e. The molecule has 0 aliphatic carbocycles. The predicted octanol–water partition coefficient (Wildman–Crippen LogP) is 1.44. The number of Topliss-reactive ketones (excluding diaryl/α,β-unsaturated/α-hetero) is 1. The number of thioether (sulfide) groups is 1. The largest absolute Gasteiger partial charge is 0.453 e. The van der Waals surface area contributed by atoms with Crippen LogP contribution in [0.2, 0.25) is 0 Å². The number of ether oxygens (including phenoxy) is 1. The van der Waals surface area contributed by atoms with Crippen molar-refractivity contribution in [1.82, 2.24) is 5.32 Å². The number of carbonyl (C=O) groups is 2. The normalized spacial score (nSPS) is 11.9. The van der Waals surface area contributed by atoms with Crippen molar-refractivity contribution in [2.24, 2.45) is 0 Å². The molecule has 0 aromatic heterocycles. The Balaban J connectivity index is 4.09. The van der Waals surface area contributed by atoms with Crippen LogP contribution in [-0.2, 0) is 9.53 Å². The van der Waals surface area contributed by atoms with E-state index in [4.69, 9.17) is 0 Å². The zero-order chi connectivity index (χ0) is 11.0. The lowest BCUT2D eigenvalue weighted by atomic mass is 10.1. The fourth-order valence-corrected chi connectivity index (χ4v) is 1.47. The maximum Gasteiger partial charge on any atom is 0.407 e. The van der Waals surface area contributed by atoms with E-state index in [2.05, 4.69) is 10.1 Å². The number of alkyl carbamates (subject to hydrolysis) is 1. The fraction of sp³-hybridized carbons (Fsp3) is 0.778. The van der Waals surface area contributed by atoms with Gasteiger partial charge in [0.1, 0.15) is 0 Å². The van der Waals surface area contributed by atoms with Crippen LogP contribution in [0, 0.1) is 0 Å². The molecule has 0 aliphatic rings. The molecule has 0 aromatic rings. The van der Waals surface area contributed by atoms with Crippen LogP contribution in [0.3, 0.4) is 0 Å². The maximum absolute atomic E-state index is 11.4. The molecule has 4 nitrogen and oxygen atoms in total. The Kier molecular flexibility index (Phi) is 7.28. The van der Waals surface area contributed by atoms with Gasteiger partial charge in [-0.25, -0.2) is 4.79 Å². The molecule has 0 bridgehead atoms. The van der Waals surface area contributed by atoms with Gasteiger partial charge in [0.15, 0.2) is 5.78 Å². The van der Waals surface area contributed by atoms with Gasteiger partial charge in [-0.2, -0.15) is 11.8 Å². The van der Waals surface area contributed by atoms with Crippen LogP contribution in [0.25, 0.3) is 0 Å². The summed E-state index contributed by atoms with van der Waals surface area (Å²) in [5.74, 6) is 0.893. The van der Waals surface area contributed by atoms with Crippen LogP contribution in [-0.4, -0.2) is 37.0 Å². The highest BCUT2D eigenvalue weighted by Gasteiger charge is 2.18. The SMILES string of the molecule is CCC(=O)[C@H](CCSC)NC(=O)OC. The van der Waals surface area contributed by atoms with E-state index in [-0.39, 0.29) is 5.78 Å². The minimum Gasteiger partial charge on any atom is -0.453 e. The third-order valence-corrected chi connectivity index (χ3v) is 2.47. The van der Waals surface area contributed by atoms with Gasteiger partial charge in [-0.1, -0.05) is 6.92 Å². The van der Waals surface area contributed by atoms with Gasteiger partial charge >= 0.3 is 6.09 Å². The van der Waals surface area contributed by atoms with E-state index in [9.17, 15) is 9.59 Å². The lowest BCUT2D eigenvalue weighted by Gasteiger charge is -2.15. The number of amides is 1. The van der Waals surface area contributed by atoms with E-state index < -0.39 is 12.1 Å². The van der Waals surface area contributed by atoms with Crippen LogP contribution in [0.15, 0.2) is 0 Å². The Bertz CT molecular complexity index is 196. The van der Waals surface area contributed by atoms with Crippen molar-refractivity contribution in [2.75, 3.05) is 19.1 Å². The molecule has 0 saturated carbocycles. The van der Waals surface area contributed by atoms with Crippen molar-refractivity contribution >= 4 is 23.6 Å². The molecule has 82 valence electrons. The molecule has 0 fully saturated rings. The molecule has 14 heavy (non-hydrogen) atoms. The van der Waals surface area contributed by atoms with Gasteiger partial charge < -0.3 is 10.1 Å². The minimum absolute atomic E-state index is 0.0458. The van der Waals surface area contributed by atoms with Crippen molar-refractivity contribution in [1.29, 1.82) is 0 Å². The summed E-state index contributed by atoms with van der Waals surface area (Å²) in [5.41, 5.74) is 0. The number of hydrogen-bond acceptors (Lipinski definition) is 4. The summed E-state index contributed by atoms with van der Waals surface area (Å²) in [4.78, 5) is 22.3. The molecule has 0 rings (SSSR count). The first-order valence-electron chi connectivity index (χ1n) is 4.51. The first-order chi connectivity index (χ1) is 6.65. The van der Waals surface area contributed by atoms with Gasteiger partial charge in [0.25, 0.3) is 0 Å². The molecule has 0 radical (unpaired) electrons. The van der Waals surface area contributed by atoms with Crippen LogP contribution in [0.5, 0.6) is 0 Å². The summed E-state index contributed by atoms with van der Waals surface area (Å²) in [6.45, 7) is 1.79. The van der Waals surface area contributed by atoms with Crippen LogP contribution in [0.4, 0.5) is 4.79 Å². The molecule has 0 heterocycles. The Morgan fingerprint density at radius 1 is 1.50 bits per heavy atom. The van der Waals surface area contributed by atoms with E-state index in [1.54, 1.807) is 18.7 Å². The first kappa shape index (κ1) is 13.3. The van der Waals surface area contributed by atoms with Crippen LogP contribution in [0.1, 0.15) is 19.8 Å². The third-order valence-electron chi connectivity index (χ3n) is 1.83. The lowest BCUT2D eigenvalue weighted by Crippen LogP contribution is -2.40. The second-order valence-electron chi connectivity index (χ2n) is 2.79. The number of carbonyl (C=O) groups excluding carboxylic acids is 2. The fourth-order valence-electron chi connectivity index (χ4n) is 0.997. The van der Waals surface area contributed by atoms with Crippen molar-refractivity contribution in [3.05, 3.63) is 0 Å². The van der Waals surface area contributed by atoms with Crippen molar-refractivity contribution in [3.63, 3.8) is 0 Å². The Morgan fingerprint density at radius 2 is 2.14 bits per heavy atom. The highest BCUT2D eigenvalue weighted by atomic mass is 32.2. The molecule has 0 aromatic carbocycles. The van der Waals surface area contributed by atoms with Gasteiger partial charge in [-0.15, -0.1) is 0 Å². The lowest BCUT2D eigenvalue weighted by molar-refractivity contribution is -0.120. The first-order valence-corrected chi connectivity index (χ1v) is 5.91. The molecule has 0 saturated heterocycles. The molecule has 5 heteroatoms. The Morgan fingerprint density at radius 3 is 2.57 bits per heavy atom. The number of nitrogens with one attached hydrogen (secondary N) is 1. The quantitative estimate of drug-likeness (QED) is 0.734. The summed E-state index contributed by atoms with van der Waals surface area (Å²) in [6.07, 6.45) is 2.51. The maximum atomic E-state index is 11.4. The number of methoxy groups -OCH3 is 1. The van der Waals surface area contributed by atoms with Crippen LogP contribution < -0.4 is 5.32 Å². The van der Waals surface area contributed by atoms with E-state index in [1.165, 1.54) is 7.11 Å². The van der Waals surface area contributed by atoms with Crippen molar-refractivity contribution in [3.8, 4) is 0 Å². The summed E-state index contributed by atoms with van der Waals surface area (Å²) in [7, 11) is 1.29. The van der Waals surface area contributed by atoms with Crippen molar-refractivity contribution < 1.29 is 14.3 Å². The highest BCUT2D eigenvalue weighted by Crippen LogP contribution is 2.03. The van der Waals surface area contributed by atoms with Crippen LogP contribution >= 0.6 is 11.8 Å². The number of hydrogen-bond donors (Lipinski definition) is 1. The van der Waals surface area contributed by atoms with Gasteiger partial charge in [0.05, 0.1) is 13.2 Å². The summed E-state index contributed by atoms with van der Waals surface area (Å²) < 4.78 is 4.45. The van der Waals surface area contributed by atoms with E-state index in [0.29, 0.717) is 12.8 Å².